The molecule has 0 bridgehead atoms. The van der Waals surface area contributed by atoms with Crippen molar-refractivity contribution >= 4 is 6.03 Å². The summed E-state index contributed by atoms with van der Waals surface area (Å²) in [5.74, 6) is 2.20. The Bertz CT molecular complexity index is 708. The Morgan fingerprint density at radius 1 is 1.20 bits per heavy atom. The summed E-state index contributed by atoms with van der Waals surface area (Å²) in [5.41, 5.74) is 2.82. The van der Waals surface area contributed by atoms with Crippen LogP contribution in [0.1, 0.15) is 35.4 Å². The number of methoxy groups -OCH3 is 2. The number of aromatic nitrogens is 1. The second-order valence-corrected chi connectivity index (χ2v) is 5.89. The Balaban J connectivity index is 1.85. The lowest BCUT2D eigenvalue weighted by Crippen LogP contribution is -2.37. The number of urea groups is 1. The lowest BCUT2D eigenvalue weighted by molar-refractivity contribution is 0.240. The van der Waals surface area contributed by atoms with E-state index in [4.69, 9.17) is 14.0 Å². The van der Waals surface area contributed by atoms with Crippen LogP contribution in [-0.4, -0.2) is 32.0 Å². The Morgan fingerprint density at radius 2 is 1.92 bits per heavy atom. The van der Waals surface area contributed by atoms with E-state index in [2.05, 4.69) is 15.8 Å². The Kier molecular flexibility index (Phi) is 6.27. The maximum absolute atomic E-state index is 12.0. The van der Waals surface area contributed by atoms with Crippen LogP contribution >= 0.6 is 0 Å². The highest BCUT2D eigenvalue weighted by Crippen LogP contribution is 2.27. The summed E-state index contributed by atoms with van der Waals surface area (Å²) in [6, 6.07) is 5.31. The predicted molar refractivity (Wildman–Crippen MR) is 94.2 cm³/mol. The number of aryl methyl sites for hydroxylation is 2. The molecule has 0 saturated carbocycles. The molecule has 2 aromatic rings. The summed E-state index contributed by atoms with van der Waals surface area (Å²) in [6.07, 6.45) is 0. The Hall–Kier alpha value is -2.70. The monoisotopic (exact) mass is 347 g/mol. The summed E-state index contributed by atoms with van der Waals surface area (Å²) in [4.78, 5) is 12.0. The highest BCUT2D eigenvalue weighted by Gasteiger charge is 2.17. The van der Waals surface area contributed by atoms with Crippen LogP contribution in [-0.2, 0) is 6.54 Å². The van der Waals surface area contributed by atoms with Gasteiger partial charge >= 0.3 is 6.03 Å². The lowest BCUT2D eigenvalue weighted by atomic mass is 10.00. The topological polar surface area (TPSA) is 85.6 Å². The molecule has 2 amide bonds. The number of hydrogen-bond acceptors (Lipinski definition) is 5. The zero-order valence-electron chi connectivity index (χ0n) is 15.3. The van der Waals surface area contributed by atoms with Gasteiger partial charge < -0.3 is 24.6 Å². The van der Waals surface area contributed by atoms with Crippen molar-refractivity contribution in [1.29, 1.82) is 0 Å². The third-order valence-electron chi connectivity index (χ3n) is 4.05. The number of ether oxygens (including phenoxy) is 2. The largest absolute Gasteiger partial charge is 0.493 e. The van der Waals surface area contributed by atoms with E-state index < -0.39 is 0 Å². The molecule has 0 aliphatic heterocycles. The molecule has 7 nitrogen and oxygen atoms in total. The van der Waals surface area contributed by atoms with Crippen LogP contribution in [0.2, 0.25) is 0 Å². The third kappa shape index (κ3) is 4.65. The fourth-order valence-electron chi connectivity index (χ4n) is 2.78. The molecule has 1 aromatic heterocycles. The number of amides is 2. The van der Waals surface area contributed by atoms with Crippen molar-refractivity contribution in [1.82, 2.24) is 15.8 Å². The van der Waals surface area contributed by atoms with E-state index in [1.807, 2.05) is 39.0 Å². The maximum atomic E-state index is 12.0. The van der Waals surface area contributed by atoms with Gasteiger partial charge in [0.05, 0.1) is 19.9 Å². The third-order valence-corrected chi connectivity index (χ3v) is 4.05. The molecule has 1 heterocycles. The van der Waals surface area contributed by atoms with E-state index in [9.17, 15) is 4.79 Å². The Morgan fingerprint density at radius 3 is 2.52 bits per heavy atom. The first kappa shape index (κ1) is 18.6. The standard InChI is InChI=1S/C18H25N3O4/c1-11(17-12(2)21-25-13(17)3)9-19-18(22)20-10-14-6-7-15(23-4)16(8-14)24-5/h6-8,11H,9-10H2,1-5H3,(H2,19,20,22). The molecule has 1 aromatic carbocycles. The quantitative estimate of drug-likeness (QED) is 0.804. The molecule has 1 atom stereocenters. The van der Waals surface area contributed by atoms with Crippen LogP contribution in [0.4, 0.5) is 4.79 Å². The highest BCUT2D eigenvalue weighted by molar-refractivity contribution is 5.73. The number of carbonyl (C=O) groups excluding carboxylic acids is 1. The molecule has 0 radical (unpaired) electrons. The van der Waals surface area contributed by atoms with Crippen molar-refractivity contribution in [2.75, 3.05) is 20.8 Å². The smallest absolute Gasteiger partial charge is 0.315 e. The van der Waals surface area contributed by atoms with Gasteiger partial charge in [0.1, 0.15) is 5.76 Å². The van der Waals surface area contributed by atoms with E-state index in [-0.39, 0.29) is 11.9 Å². The molecule has 0 aliphatic rings. The van der Waals surface area contributed by atoms with Crippen LogP contribution < -0.4 is 20.1 Å². The van der Waals surface area contributed by atoms with Gasteiger partial charge in [-0.2, -0.15) is 0 Å². The summed E-state index contributed by atoms with van der Waals surface area (Å²) in [6.45, 7) is 6.70. The average Bonchev–Trinajstić information content (AvgIpc) is 2.96. The molecule has 0 spiro atoms. The van der Waals surface area contributed by atoms with Crippen molar-refractivity contribution in [3.63, 3.8) is 0 Å². The first-order valence-corrected chi connectivity index (χ1v) is 8.11. The predicted octanol–water partition coefficient (Wildman–Crippen LogP) is 2.91. The van der Waals surface area contributed by atoms with Crippen LogP contribution in [0.5, 0.6) is 11.5 Å². The molecule has 7 heteroatoms. The minimum absolute atomic E-state index is 0.123. The molecular formula is C18H25N3O4. The summed E-state index contributed by atoms with van der Waals surface area (Å²) < 4.78 is 15.6. The minimum atomic E-state index is -0.228. The van der Waals surface area contributed by atoms with Gasteiger partial charge in [-0.05, 0) is 31.5 Å². The van der Waals surface area contributed by atoms with E-state index in [1.165, 1.54) is 0 Å². The van der Waals surface area contributed by atoms with Gasteiger partial charge in [0.25, 0.3) is 0 Å². The zero-order valence-corrected chi connectivity index (χ0v) is 15.3. The first-order chi connectivity index (χ1) is 12.0. The fraction of sp³-hybridized carbons (Fsp3) is 0.444. The van der Waals surface area contributed by atoms with Gasteiger partial charge in [-0.15, -0.1) is 0 Å². The summed E-state index contributed by atoms with van der Waals surface area (Å²) in [7, 11) is 3.17. The van der Waals surface area contributed by atoms with Crippen LogP contribution in [0.25, 0.3) is 0 Å². The van der Waals surface area contributed by atoms with Crippen molar-refractivity contribution in [3.8, 4) is 11.5 Å². The van der Waals surface area contributed by atoms with Gasteiger partial charge in [-0.3, -0.25) is 0 Å². The minimum Gasteiger partial charge on any atom is -0.493 e. The molecule has 0 fully saturated rings. The zero-order chi connectivity index (χ0) is 18.4. The number of hydrogen-bond donors (Lipinski definition) is 2. The van der Waals surface area contributed by atoms with Gasteiger partial charge in [0, 0.05) is 24.6 Å². The second kappa shape index (κ2) is 8.41. The molecular weight excluding hydrogens is 322 g/mol. The van der Waals surface area contributed by atoms with Crippen LogP contribution in [0, 0.1) is 13.8 Å². The second-order valence-electron chi connectivity index (χ2n) is 5.89. The molecule has 2 rings (SSSR count). The summed E-state index contributed by atoms with van der Waals surface area (Å²) in [5, 5.41) is 9.65. The van der Waals surface area contributed by atoms with E-state index in [0.29, 0.717) is 24.6 Å². The molecule has 1 unspecified atom stereocenters. The Labute approximate surface area is 147 Å². The molecule has 25 heavy (non-hydrogen) atoms. The van der Waals surface area contributed by atoms with Crippen molar-refractivity contribution < 1.29 is 18.8 Å². The van der Waals surface area contributed by atoms with Crippen LogP contribution in [0.15, 0.2) is 22.7 Å². The lowest BCUT2D eigenvalue weighted by Gasteiger charge is -2.14. The normalized spacial score (nSPS) is 11.7. The number of nitrogens with one attached hydrogen (secondary N) is 2. The van der Waals surface area contributed by atoms with Crippen molar-refractivity contribution in [2.24, 2.45) is 0 Å². The van der Waals surface area contributed by atoms with Gasteiger partial charge in [0.15, 0.2) is 11.5 Å². The van der Waals surface area contributed by atoms with Crippen LogP contribution in [0.3, 0.4) is 0 Å². The van der Waals surface area contributed by atoms with Gasteiger partial charge in [-0.25, -0.2) is 4.79 Å². The molecule has 2 N–H and O–H groups in total. The van der Waals surface area contributed by atoms with Gasteiger partial charge in [-0.1, -0.05) is 18.1 Å². The summed E-state index contributed by atoms with van der Waals surface area (Å²) >= 11 is 0. The fourth-order valence-corrected chi connectivity index (χ4v) is 2.78. The maximum Gasteiger partial charge on any atom is 0.315 e. The average molecular weight is 347 g/mol. The number of benzene rings is 1. The van der Waals surface area contributed by atoms with Crippen molar-refractivity contribution in [2.45, 2.75) is 33.2 Å². The first-order valence-electron chi connectivity index (χ1n) is 8.11. The molecule has 0 aliphatic carbocycles. The number of nitrogens with zero attached hydrogens (tertiary/aromatic N) is 1. The van der Waals surface area contributed by atoms with Crippen molar-refractivity contribution in [3.05, 3.63) is 40.8 Å². The SMILES string of the molecule is COc1ccc(CNC(=O)NCC(C)c2c(C)noc2C)cc1OC. The van der Waals surface area contributed by atoms with Gasteiger partial charge in [0.2, 0.25) is 0 Å². The molecule has 0 saturated heterocycles. The number of carbonyl (C=O) groups is 1. The van der Waals surface area contributed by atoms with E-state index in [1.54, 1.807) is 14.2 Å². The molecule has 136 valence electrons. The van der Waals surface area contributed by atoms with E-state index >= 15 is 0 Å². The number of rotatable bonds is 7. The van der Waals surface area contributed by atoms with E-state index in [0.717, 1.165) is 22.6 Å². The highest BCUT2D eigenvalue weighted by atomic mass is 16.5.